The average molecular weight is 413 g/mol. The van der Waals surface area contributed by atoms with Crippen LogP contribution in [0.5, 0.6) is 0 Å². The number of nitrogens with zero attached hydrogens (tertiary/aromatic N) is 1. The highest BCUT2D eigenvalue weighted by Gasteiger charge is 2.40. The van der Waals surface area contributed by atoms with Gasteiger partial charge in [0.05, 0.1) is 6.04 Å². The van der Waals surface area contributed by atoms with Gasteiger partial charge in [0.25, 0.3) is 5.91 Å². The molecule has 0 bridgehead atoms. The number of rotatable bonds is 6. The van der Waals surface area contributed by atoms with Crippen LogP contribution in [0.4, 0.5) is 11.4 Å². The van der Waals surface area contributed by atoms with Crippen LogP contribution in [-0.2, 0) is 6.42 Å². The Morgan fingerprint density at radius 1 is 0.903 bits per heavy atom. The lowest BCUT2D eigenvalue weighted by Crippen LogP contribution is -2.50. The molecule has 0 aromatic heterocycles. The van der Waals surface area contributed by atoms with Gasteiger partial charge in [-0.15, -0.1) is 0 Å². The molecule has 3 unspecified atom stereocenters. The Hall–Kier alpha value is -3.07. The number of amides is 1. The first-order valence-electron chi connectivity index (χ1n) is 11.5. The van der Waals surface area contributed by atoms with Crippen molar-refractivity contribution in [3.8, 4) is 0 Å². The standard InChI is InChI=1S/C28H32N2O/c1-4-11-21-16-18-22(19-17-21)28(31)30-25(5-2)20(3)27(24-14-9-10-15-26(24)30)29-23-12-7-6-8-13-23/h6-10,12-20,25,27,29H,4-5,11H2,1-3H3. The van der Waals surface area contributed by atoms with E-state index in [0.29, 0.717) is 0 Å². The molecule has 0 saturated carbocycles. The molecule has 31 heavy (non-hydrogen) atoms. The van der Waals surface area contributed by atoms with E-state index in [0.717, 1.165) is 36.2 Å². The Morgan fingerprint density at radius 3 is 2.26 bits per heavy atom. The van der Waals surface area contributed by atoms with E-state index in [-0.39, 0.29) is 23.9 Å². The van der Waals surface area contributed by atoms with Crippen molar-refractivity contribution >= 4 is 17.3 Å². The molecular formula is C28H32N2O. The van der Waals surface area contributed by atoms with E-state index in [4.69, 9.17) is 0 Å². The molecular weight excluding hydrogens is 380 g/mol. The minimum Gasteiger partial charge on any atom is -0.378 e. The Balaban J connectivity index is 1.71. The summed E-state index contributed by atoms with van der Waals surface area (Å²) in [6, 6.07) is 27.1. The normalized spacial score (nSPS) is 20.2. The van der Waals surface area contributed by atoms with Crippen LogP contribution in [0.3, 0.4) is 0 Å². The minimum absolute atomic E-state index is 0.0901. The molecule has 3 aromatic rings. The van der Waals surface area contributed by atoms with Gasteiger partial charge in [0.2, 0.25) is 0 Å². The fourth-order valence-electron chi connectivity index (χ4n) is 4.87. The van der Waals surface area contributed by atoms with Gasteiger partial charge in [0.15, 0.2) is 0 Å². The fraction of sp³-hybridized carbons (Fsp3) is 0.321. The summed E-state index contributed by atoms with van der Waals surface area (Å²) in [6.07, 6.45) is 3.06. The summed E-state index contributed by atoms with van der Waals surface area (Å²) < 4.78 is 0. The molecule has 0 spiro atoms. The number of anilines is 2. The van der Waals surface area contributed by atoms with Crippen LogP contribution < -0.4 is 10.2 Å². The molecule has 160 valence electrons. The lowest BCUT2D eigenvalue weighted by atomic mass is 9.80. The molecule has 1 N–H and O–H groups in total. The number of benzene rings is 3. The van der Waals surface area contributed by atoms with Crippen molar-refractivity contribution in [2.24, 2.45) is 5.92 Å². The van der Waals surface area contributed by atoms with Crippen molar-refractivity contribution in [3.63, 3.8) is 0 Å². The average Bonchev–Trinajstić information content (AvgIpc) is 2.81. The maximum Gasteiger partial charge on any atom is 0.258 e. The Morgan fingerprint density at radius 2 is 1.58 bits per heavy atom. The van der Waals surface area contributed by atoms with E-state index in [9.17, 15) is 4.79 Å². The zero-order valence-corrected chi connectivity index (χ0v) is 18.7. The summed E-state index contributed by atoms with van der Waals surface area (Å²) in [4.78, 5) is 15.8. The topological polar surface area (TPSA) is 32.3 Å². The molecule has 1 aliphatic heterocycles. The molecule has 1 amide bonds. The van der Waals surface area contributed by atoms with Gasteiger partial charge in [0, 0.05) is 28.9 Å². The van der Waals surface area contributed by atoms with Gasteiger partial charge in [-0.3, -0.25) is 4.79 Å². The first-order chi connectivity index (χ1) is 15.1. The zero-order valence-electron chi connectivity index (χ0n) is 18.7. The van der Waals surface area contributed by atoms with Gasteiger partial charge in [-0.25, -0.2) is 0 Å². The minimum atomic E-state index is 0.0901. The molecule has 3 atom stereocenters. The molecule has 3 aromatic carbocycles. The zero-order chi connectivity index (χ0) is 21.8. The Bertz CT molecular complexity index is 1010. The first kappa shape index (κ1) is 21.2. The molecule has 3 nitrogen and oxygen atoms in total. The van der Waals surface area contributed by atoms with Gasteiger partial charge in [-0.2, -0.15) is 0 Å². The lowest BCUT2D eigenvalue weighted by Gasteiger charge is -2.45. The van der Waals surface area contributed by atoms with Crippen LogP contribution in [0.25, 0.3) is 0 Å². The molecule has 0 saturated heterocycles. The van der Waals surface area contributed by atoms with Crippen LogP contribution in [-0.4, -0.2) is 11.9 Å². The van der Waals surface area contributed by atoms with Crippen molar-refractivity contribution in [2.45, 2.75) is 52.1 Å². The molecule has 1 heterocycles. The van der Waals surface area contributed by atoms with Crippen molar-refractivity contribution in [2.75, 3.05) is 10.2 Å². The SMILES string of the molecule is CCCc1ccc(C(=O)N2c3ccccc3C(Nc3ccccc3)C(C)C2CC)cc1. The van der Waals surface area contributed by atoms with E-state index in [1.165, 1.54) is 11.1 Å². The number of nitrogens with one attached hydrogen (secondary N) is 1. The summed E-state index contributed by atoms with van der Waals surface area (Å²) in [5, 5.41) is 3.73. The summed E-state index contributed by atoms with van der Waals surface area (Å²) in [5.74, 6) is 0.357. The third-order valence-electron chi connectivity index (χ3n) is 6.47. The molecule has 0 aliphatic carbocycles. The maximum absolute atomic E-state index is 13.7. The lowest BCUT2D eigenvalue weighted by molar-refractivity contribution is 0.0960. The summed E-state index contributed by atoms with van der Waals surface area (Å²) in [6.45, 7) is 6.62. The van der Waals surface area contributed by atoms with E-state index in [1.807, 2.05) is 29.2 Å². The van der Waals surface area contributed by atoms with Crippen LogP contribution in [0, 0.1) is 5.92 Å². The predicted octanol–water partition coefficient (Wildman–Crippen LogP) is 6.87. The van der Waals surface area contributed by atoms with E-state index < -0.39 is 0 Å². The number of para-hydroxylation sites is 2. The molecule has 1 aliphatic rings. The fourth-order valence-corrected chi connectivity index (χ4v) is 4.87. The number of carbonyl (C=O) groups is 1. The van der Waals surface area contributed by atoms with Gasteiger partial charge < -0.3 is 10.2 Å². The van der Waals surface area contributed by atoms with Gasteiger partial charge >= 0.3 is 0 Å². The number of hydrogen-bond donors (Lipinski definition) is 1. The van der Waals surface area contributed by atoms with E-state index in [1.54, 1.807) is 0 Å². The van der Waals surface area contributed by atoms with Gasteiger partial charge in [0.1, 0.15) is 0 Å². The van der Waals surface area contributed by atoms with Crippen LogP contribution >= 0.6 is 0 Å². The maximum atomic E-state index is 13.7. The third kappa shape index (κ3) is 4.23. The van der Waals surface area contributed by atoms with Crippen LogP contribution in [0.2, 0.25) is 0 Å². The van der Waals surface area contributed by atoms with E-state index >= 15 is 0 Å². The largest absolute Gasteiger partial charge is 0.378 e. The quantitative estimate of drug-likeness (QED) is 0.479. The van der Waals surface area contributed by atoms with Crippen molar-refractivity contribution < 1.29 is 4.79 Å². The second-order valence-corrected chi connectivity index (χ2v) is 8.50. The monoisotopic (exact) mass is 412 g/mol. The Kier molecular flexibility index (Phi) is 6.41. The second kappa shape index (κ2) is 9.38. The Labute approximate surface area is 186 Å². The highest BCUT2D eigenvalue weighted by Crippen LogP contribution is 2.43. The van der Waals surface area contributed by atoms with E-state index in [2.05, 4.69) is 80.7 Å². The molecule has 0 fully saturated rings. The smallest absolute Gasteiger partial charge is 0.258 e. The molecule has 4 rings (SSSR count). The highest BCUT2D eigenvalue weighted by molar-refractivity contribution is 6.07. The number of carbonyl (C=O) groups excluding carboxylic acids is 1. The second-order valence-electron chi connectivity index (χ2n) is 8.50. The van der Waals surface area contributed by atoms with Crippen molar-refractivity contribution in [1.82, 2.24) is 0 Å². The number of hydrogen-bond acceptors (Lipinski definition) is 2. The van der Waals surface area contributed by atoms with Crippen LogP contribution in [0.15, 0.2) is 78.9 Å². The van der Waals surface area contributed by atoms with Crippen molar-refractivity contribution in [3.05, 3.63) is 95.6 Å². The van der Waals surface area contributed by atoms with Crippen molar-refractivity contribution in [1.29, 1.82) is 0 Å². The highest BCUT2D eigenvalue weighted by atomic mass is 16.2. The molecule has 0 radical (unpaired) electrons. The summed E-state index contributed by atoms with van der Waals surface area (Å²) in [5.41, 5.74) is 5.35. The van der Waals surface area contributed by atoms with Crippen LogP contribution in [0.1, 0.15) is 61.1 Å². The third-order valence-corrected chi connectivity index (χ3v) is 6.47. The van der Waals surface area contributed by atoms with Gasteiger partial charge in [-0.1, -0.05) is 75.7 Å². The number of aryl methyl sites for hydroxylation is 1. The predicted molar refractivity (Wildman–Crippen MR) is 130 cm³/mol. The summed E-state index contributed by atoms with van der Waals surface area (Å²) >= 11 is 0. The first-order valence-corrected chi connectivity index (χ1v) is 11.5. The number of fused-ring (bicyclic) bond motifs is 1. The summed E-state index contributed by atoms with van der Waals surface area (Å²) in [7, 11) is 0. The molecule has 3 heteroatoms. The van der Waals surface area contributed by atoms with Gasteiger partial charge in [-0.05, 0) is 54.3 Å².